The largest absolute Gasteiger partial charge is 0.303 e. The molecule has 2 aliphatic carbocycles. The maximum atomic E-state index is 11.1. The van der Waals surface area contributed by atoms with Crippen LogP contribution in [-0.2, 0) is 4.79 Å². The van der Waals surface area contributed by atoms with Crippen molar-refractivity contribution in [3.05, 3.63) is 11.1 Å². The first-order chi connectivity index (χ1) is 6.97. The Hall–Kier alpha value is -0.590. The number of rotatable bonds is 1. The van der Waals surface area contributed by atoms with Gasteiger partial charge in [0.1, 0.15) is 6.29 Å². The van der Waals surface area contributed by atoms with Crippen molar-refractivity contribution in [1.82, 2.24) is 0 Å². The molecule has 0 aromatic heterocycles. The van der Waals surface area contributed by atoms with Gasteiger partial charge in [-0.25, -0.2) is 0 Å². The highest BCUT2D eigenvalue weighted by Gasteiger charge is 2.38. The van der Waals surface area contributed by atoms with Crippen molar-refractivity contribution in [2.45, 2.75) is 59.3 Å². The molecule has 0 radical (unpaired) electrons. The summed E-state index contributed by atoms with van der Waals surface area (Å²) in [6.07, 6.45) is 8.33. The molecule has 0 unspecified atom stereocenters. The van der Waals surface area contributed by atoms with Crippen LogP contribution in [0.1, 0.15) is 59.3 Å². The highest BCUT2D eigenvalue weighted by molar-refractivity contribution is 5.60. The quantitative estimate of drug-likeness (QED) is 0.470. The lowest BCUT2D eigenvalue weighted by Gasteiger charge is -2.42. The fourth-order valence-electron chi connectivity index (χ4n) is 3.19. The number of aldehydes is 1. The molecule has 2 rings (SSSR count). The summed E-state index contributed by atoms with van der Waals surface area (Å²) >= 11 is 0. The van der Waals surface area contributed by atoms with Crippen LogP contribution in [0.5, 0.6) is 0 Å². The van der Waals surface area contributed by atoms with E-state index in [9.17, 15) is 4.79 Å². The molecule has 0 bridgehead atoms. The van der Waals surface area contributed by atoms with E-state index in [4.69, 9.17) is 0 Å². The molecule has 1 atom stereocenters. The Morgan fingerprint density at radius 1 is 1.13 bits per heavy atom. The van der Waals surface area contributed by atoms with Gasteiger partial charge in [-0.3, -0.25) is 0 Å². The van der Waals surface area contributed by atoms with Crippen molar-refractivity contribution in [3.8, 4) is 0 Å². The molecule has 1 heteroatoms. The van der Waals surface area contributed by atoms with Gasteiger partial charge in [0.25, 0.3) is 0 Å². The van der Waals surface area contributed by atoms with E-state index in [-0.39, 0.29) is 5.41 Å². The summed E-state index contributed by atoms with van der Waals surface area (Å²) in [4.78, 5) is 11.1. The molecule has 1 nitrogen and oxygen atoms in total. The van der Waals surface area contributed by atoms with Crippen LogP contribution in [0.2, 0.25) is 0 Å². The van der Waals surface area contributed by atoms with Crippen molar-refractivity contribution in [3.63, 3.8) is 0 Å². The second-order valence-electron chi connectivity index (χ2n) is 6.27. The predicted molar refractivity (Wildman–Crippen MR) is 62.7 cm³/mol. The first-order valence-corrected chi connectivity index (χ1v) is 6.15. The van der Waals surface area contributed by atoms with Gasteiger partial charge < -0.3 is 4.79 Å². The van der Waals surface area contributed by atoms with E-state index in [1.165, 1.54) is 25.5 Å². The minimum Gasteiger partial charge on any atom is -0.303 e. The fourth-order valence-corrected chi connectivity index (χ4v) is 3.19. The van der Waals surface area contributed by atoms with Crippen molar-refractivity contribution >= 4 is 6.29 Å². The SMILES string of the molecule is CC1(C)CCCC2=C1C[C@](C)(C=O)CC2. The Morgan fingerprint density at radius 2 is 1.87 bits per heavy atom. The summed E-state index contributed by atoms with van der Waals surface area (Å²) in [5.74, 6) is 0. The van der Waals surface area contributed by atoms with Crippen molar-refractivity contribution in [2.75, 3.05) is 0 Å². The van der Waals surface area contributed by atoms with Gasteiger partial charge in [-0.15, -0.1) is 0 Å². The highest BCUT2D eigenvalue weighted by Crippen LogP contribution is 2.50. The third-order valence-corrected chi connectivity index (χ3v) is 4.39. The Kier molecular flexibility index (Phi) is 2.52. The topological polar surface area (TPSA) is 17.1 Å². The Morgan fingerprint density at radius 3 is 2.53 bits per heavy atom. The molecular formula is C14H22O. The standard InChI is InChI=1S/C14H22O/c1-13(2)7-4-5-11-6-8-14(3,10-15)9-12(11)13/h10H,4-9H2,1-3H3/t14-/m1/s1. The molecule has 0 fully saturated rings. The van der Waals surface area contributed by atoms with Crippen LogP contribution in [0.3, 0.4) is 0 Å². The molecule has 0 saturated carbocycles. The Labute approximate surface area is 92.9 Å². The molecule has 15 heavy (non-hydrogen) atoms. The van der Waals surface area contributed by atoms with E-state index in [1.807, 2.05) is 0 Å². The van der Waals surface area contributed by atoms with Crippen LogP contribution in [-0.4, -0.2) is 6.29 Å². The monoisotopic (exact) mass is 206 g/mol. The summed E-state index contributed by atoms with van der Waals surface area (Å²) in [5, 5.41) is 0. The number of hydrogen-bond donors (Lipinski definition) is 0. The molecule has 0 saturated heterocycles. The minimum atomic E-state index is -0.0759. The first kappa shape index (κ1) is 10.9. The number of hydrogen-bond acceptors (Lipinski definition) is 1. The van der Waals surface area contributed by atoms with Crippen LogP contribution in [0.25, 0.3) is 0 Å². The molecule has 84 valence electrons. The molecule has 0 aromatic rings. The van der Waals surface area contributed by atoms with Crippen molar-refractivity contribution < 1.29 is 4.79 Å². The molecular weight excluding hydrogens is 184 g/mol. The molecule has 0 amide bonds. The van der Waals surface area contributed by atoms with Gasteiger partial charge >= 0.3 is 0 Å². The third-order valence-electron chi connectivity index (χ3n) is 4.39. The Bertz CT molecular complexity index is 311. The normalized spacial score (nSPS) is 34.9. The average molecular weight is 206 g/mol. The second-order valence-corrected chi connectivity index (χ2v) is 6.27. The molecule has 0 heterocycles. The van der Waals surface area contributed by atoms with Crippen LogP contribution in [0.4, 0.5) is 0 Å². The molecule has 0 aliphatic heterocycles. The zero-order valence-electron chi connectivity index (χ0n) is 10.2. The minimum absolute atomic E-state index is 0.0759. The van der Waals surface area contributed by atoms with E-state index in [2.05, 4.69) is 20.8 Å². The van der Waals surface area contributed by atoms with Gasteiger partial charge in [-0.2, -0.15) is 0 Å². The average Bonchev–Trinajstić information content (AvgIpc) is 2.19. The molecule has 2 aliphatic rings. The van der Waals surface area contributed by atoms with Gasteiger partial charge in [0, 0.05) is 5.41 Å². The lowest BCUT2D eigenvalue weighted by Crippen LogP contribution is -2.31. The van der Waals surface area contributed by atoms with Gasteiger partial charge in [0.2, 0.25) is 0 Å². The Balaban J connectivity index is 2.32. The molecule has 0 spiro atoms. The van der Waals surface area contributed by atoms with Gasteiger partial charge in [0.05, 0.1) is 0 Å². The maximum absolute atomic E-state index is 11.1. The van der Waals surface area contributed by atoms with Gasteiger partial charge in [-0.1, -0.05) is 31.9 Å². The summed E-state index contributed by atoms with van der Waals surface area (Å²) in [5.41, 5.74) is 3.55. The van der Waals surface area contributed by atoms with Crippen LogP contribution in [0.15, 0.2) is 11.1 Å². The zero-order valence-corrected chi connectivity index (χ0v) is 10.2. The van der Waals surface area contributed by atoms with Crippen LogP contribution >= 0.6 is 0 Å². The van der Waals surface area contributed by atoms with E-state index in [1.54, 1.807) is 11.1 Å². The van der Waals surface area contributed by atoms with Gasteiger partial charge in [0.15, 0.2) is 0 Å². The van der Waals surface area contributed by atoms with Crippen molar-refractivity contribution in [1.29, 1.82) is 0 Å². The molecule has 0 N–H and O–H groups in total. The van der Waals surface area contributed by atoms with E-state index >= 15 is 0 Å². The summed E-state index contributed by atoms with van der Waals surface area (Å²) in [7, 11) is 0. The lowest BCUT2D eigenvalue weighted by molar-refractivity contribution is -0.116. The van der Waals surface area contributed by atoms with E-state index < -0.39 is 0 Å². The van der Waals surface area contributed by atoms with E-state index in [0.717, 1.165) is 19.3 Å². The van der Waals surface area contributed by atoms with Crippen LogP contribution in [0, 0.1) is 10.8 Å². The fraction of sp³-hybridized carbons (Fsp3) is 0.786. The lowest BCUT2D eigenvalue weighted by atomic mass is 9.62. The predicted octanol–water partition coefficient (Wildman–Crippen LogP) is 3.88. The van der Waals surface area contributed by atoms with Crippen molar-refractivity contribution in [2.24, 2.45) is 10.8 Å². The first-order valence-electron chi connectivity index (χ1n) is 6.15. The zero-order chi connectivity index (χ0) is 11.1. The number of allylic oxidation sites excluding steroid dienone is 2. The summed E-state index contributed by atoms with van der Waals surface area (Å²) < 4.78 is 0. The third kappa shape index (κ3) is 1.89. The van der Waals surface area contributed by atoms with E-state index in [0.29, 0.717) is 5.41 Å². The maximum Gasteiger partial charge on any atom is 0.126 e. The highest BCUT2D eigenvalue weighted by atomic mass is 16.1. The smallest absolute Gasteiger partial charge is 0.126 e. The number of carbonyl (C=O) groups excluding carboxylic acids is 1. The summed E-state index contributed by atoms with van der Waals surface area (Å²) in [6, 6.07) is 0. The second kappa shape index (κ2) is 3.47. The molecule has 0 aromatic carbocycles. The van der Waals surface area contributed by atoms with Gasteiger partial charge in [-0.05, 0) is 43.9 Å². The summed E-state index contributed by atoms with van der Waals surface area (Å²) in [6.45, 7) is 6.81. The number of carbonyl (C=O) groups is 1. The van der Waals surface area contributed by atoms with Crippen LogP contribution < -0.4 is 0 Å².